The van der Waals surface area contributed by atoms with Crippen molar-refractivity contribution in [3.05, 3.63) is 16.4 Å². The van der Waals surface area contributed by atoms with Crippen LogP contribution in [-0.4, -0.2) is 38.4 Å². The number of rotatable bonds is 6. The predicted octanol–water partition coefficient (Wildman–Crippen LogP) is 3.91. The lowest BCUT2D eigenvalue weighted by Gasteiger charge is -2.44. The SMILES string of the molecule is CCN(CC)C1(C(O)c2c(Br)cnn2C(C)C)CCCC1. The van der Waals surface area contributed by atoms with Crippen LogP contribution in [0.5, 0.6) is 0 Å². The summed E-state index contributed by atoms with van der Waals surface area (Å²) in [6.07, 6.45) is 5.82. The maximum Gasteiger partial charge on any atom is 0.115 e. The normalized spacial score (nSPS) is 19.6. The molecule has 2 rings (SSSR count). The Morgan fingerprint density at radius 2 is 1.90 bits per heavy atom. The van der Waals surface area contributed by atoms with Crippen LogP contribution in [0, 0.1) is 0 Å². The first kappa shape index (κ1) is 17.0. The lowest BCUT2D eigenvalue weighted by atomic mass is 9.86. The van der Waals surface area contributed by atoms with Gasteiger partial charge >= 0.3 is 0 Å². The van der Waals surface area contributed by atoms with Gasteiger partial charge in [0.1, 0.15) is 6.10 Å². The molecule has 0 saturated heterocycles. The Balaban J connectivity index is 2.44. The first-order valence-corrected chi connectivity index (χ1v) is 8.93. The molecule has 0 radical (unpaired) electrons. The molecule has 1 fully saturated rings. The molecule has 1 aromatic rings. The number of aromatic nitrogens is 2. The second-order valence-corrected chi connectivity index (χ2v) is 7.16. The highest BCUT2D eigenvalue weighted by atomic mass is 79.9. The molecule has 120 valence electrons. The van der Waals surface area contributed by atoms with Crippen LogP contribution < -0.4 is 0 Å². The van der Waals surface area contributed by atoms with Crippen molar-refractivity contribution in [2.24, 2.45) is 0 Å². The Kier molecular flexibility index (Phi) is 5.49. The number of likely N-dealkylation sites (N-methyl/N-ethyl adjacent to an activating group) is 1. The molecule has 1 saturated carbocycles. The lowest BCUT2D eigenvalue weighted by molar-refractivity contribution is -0.0321. The van der Waals surface area contributed by atoms with Gasteiger partial charge in [-0.2, -0.15) is 5.10 Å². The van der Waals surface area contributed by atoms with Crippen LogP contribution in [0.25, 0.3) is 0 Å². The standard InChI is InChI=1S/C16H28BrN3O/c1-5-19(6-2)16(9-7-8-10-16)15(21)14-13(17)11-18-20(14)12(3)4/h11-12,15,21H,5-10H2,1-4H3. The summed E-state index contributed by atoms with van der Waals surface area (Å²) in [7, 11) is 0. The molecule has 1 N–H and O–H groups in total. The number of aliphatic hydroxyl groups excluding tert-OH is 1. The molecule has 1 atom stereocenters. The summed E-state index contributed by atoms with van der Waals surface area (Å²) >= 11 is 3.59. The molecule has 0 bridgehead atoms. The van der Waals surface area contributed by atoms with E-state index in [0.29, 0.717) is 0 Å². The van der Waals surface area contributed by atoms with Gasteiger partial charge in [-0.05, 0) is 55.7 Å². The zero-order valence-corrected chi connectivity index (χ0v) is 15.2. The molecule has 1 heterocycles. The quantitative estimate of drug-likeness (QED) is 0.838. The maximum atomic E-state index is 11.3. The highest BCUT2D eigenvalue weighted by Gasteiger charge is 2.46. The molecule has 1 unspecified atom stereocenters. The molecule has 21 heavy (non-hydrogen) atoms. The second-order valence-electron chi connectivity index (χ2n) is 6.30. The fourth-order valence-electron chi connectivity index (χ4n) is 3.88. The smallest absolute Gasteiger partial charge is 0.115 e. The van der Waals surface area contributed by atoms with Gasteiger partial charge in [-0.1, -0.05) is 26.7 Å². The number of halogens is 1. The van der Waals surface area contributed by atoms with E-state index in [9.17, 15) is 5.11 Å². The van der Waals surface area contributed by atoms with Crippen molar-refractivity contribution in [1.29, 1.82) is 0 Å². The summed E-state index contributed by atoms with van der Waals surface area (Å²) in [5.41, 5.74) is 0.789. The molecular formula is C16H28BrN3O. The molecule has 0 amide bonds. The summed E-state index contributed by atoms with van der Waals surface area (Å²) in [5.74, 6) is 0. The highest BCUT2D eigenvalue weighted by Crippen LogP contribution is 2.46. The van der Waals surface area contributed by atoms with Gasteiger partial charge in [-0.25, -0.2) is 0 Å². The van der Waals surface area contributed by atoms with Crippen molar-refractivity contribution < 1.29 is 5.11 Å². The van der Waals surface area contributed by atoms with Crippen LogP contribution in [0.15, 0.2) is 10.7 Å². The zero-order chi connectivity index (χ0) is 15.6. The van der Waals surface area contributed by atoms with Crippen LogP contribution in [-0.2, 0) is 0 Å². The minimum atomic E-state index is -0.501. The van der Waals surface area contributed by atoms with E-state index in [-0.39, 0.29) is 11.6 Å². The monoisotopic (exact) mass is 357 g/mol. The van der Waals surface area contributed by atoms with E-state index in [0.717, 1.165) is 36.1 Å². The minimum absolute atomic E-state index is 0.140. The van der Waals surface area contributed by atoms with Crippen LogP contribution in [0.4, 0.5) is 0 Å². The largest absolute Gasteiger partial charge is 0.385 e. The van der Waals surface area contributed by atoms with Crippen molar-refractivity contribution in [1.82, 2.24) is 14.7 Å². The third-order valence-electron chi connectivity index (χ3n) is 4.91. The highest BCUT2D eigenvalue weighted by molar-refractivity contribution is 9.10. The fraction of sp³-hybridized carbons (Fsp3) is 0.812. The van der Waals surface area contributed by atoms with Gasteiger partial charge < -0.3 is 5.11 Å². The molecule has 1 aliphatic carbocycles. The van der Waals surface area contributed by atoms with E-state index >= 15 is 0 Å². The zero-order valence-electron chi connectivity index (χ0n) is 13.6. The molecule has 0 spiro atoms. The summed E-state index contributed by atoms with van der Waals surface area (Å²) < 4.78 is 2.88. The van der Waals surface area contributed by atoms with Gasteiger partial charge in [0.05, 0.1) is 21.9 Å². The molecule has 4 nitrogen and oxygen atoms in total. The van der Waals surface area contributed by atoms with Crippen LogP contribution in [0.3, 0.4) is 0 Å². The van der Waals surface area contributed by atoms with E-state index in [1.54, 1.807) is 0 Å². The summed E-state index contributed by atoms with van der Waals surface area (Å²) in [6, 6.07) is 0.246. The Morgan fingerprint density at radius 1 is 1.33 bits per heavy atom. The lowest BCUT2D eigenvalue weighted by Crippen LogP contribution is -2.51. The maximum absolute atomic E-state index is 11.3. The molecule has 5 heteroatoms. The summed E-state index contributed by atoms with van der Waals surface area (Å²) in [6.45, 7) is 10.5. The van der Waals surface area contributed by atoms with E-state index in [1.165, 1.54) is 12.8 Å². The first-order chi connectivity index (χ1) is 9.97. The average molecular weight is 358 g/mol. The van der Waals surface area contributed by atoms with E-state index in [1.807, 2.05) is 10.9 Å². The third-order valence-corrected chi connectivity index (χ3v) is 5.52. The van der Waals surface area contributed by atoms with Crippen LogP contribution in [0.1, 0.15) is 71.2 Å². The summed E-state index contributed by atoms with van der Waals surface area (Å²) in [5, 5.41) is 15.7. The topological polar surface area (TPSA) is 41.3 Å². The van der Waals surface area contributed by atoms with Crippen molar-refractivity contribution in [3.63, 3.8) is 0 Å². The molecule has 1 aliphatic rings. The Labute approximate surface area is 136 Å². The molecule has 0 aromatic carbocycles. The molecular weight excluding hydrogens is 330 g/mol. The Bertz CT molecular complexity index is 462. The Morgan fingerprint density at radius 3 is 2.38 bits per heavy atom. The van der Waals surface area contributed by atoms with Crippen molar-refractivity contribution in [2.75, 3.05) is 13.1 Å². The van der Waals surface area contributed by atoms with Crippen molar-refractivity contribution in [3.8, 4) is 0 Å². The van der Waals surface area contributed by atoms with Gasteiger partial charge in [0, 0.05) is 6.04 Å². The number of hydrogen-bond acceptors (Lipinski definition) is 3. The summed E-state index contributed by atoms with van der Waals surface area (Å²) in [4.78, 5) is 2.44. The van der Waals surface area contributed by atoms with Crippen LogP contribution in [0.2, 0.25) is 0 Å². The van der Waals surface area contributed by atoms with Gasteiger partial charge in [0.15, 0.2) is 0 Å². The van der Waals surface area contributed by atoms with E-state index in [2.05, 4.69) is 53.6 Å². The number of nitrogens with zero attached hydrogens (tertiary/aromatic N) is 3. The Hall–Kier alpha value is -0.390. The fourth-order valence-corrected chi connectivity index (χ4v) is 4.37. The van der Waals surface area contributed by atoms with Gasteiger partial charge in [0.25, 0.3) is 0 Å². The number of aliphatic hydroxyl groups is 1. The minimum Gasteiger partial charge on any atom is -0.385 e. The van der Waals surface area contributed by atoms with Crippen molar-refractivity contribution >= 4 is 15.9 Å². The number of hydrogen-bond donors (Lipinski definition) is 1. The van der Waals surface area contributed by atoms with Gasteiger partial charge in [-0.15, -0.1) is 0 Å². The molecule has 1 aromatic heterocycles. The van der Waals surface area contributed by atoms with Crippen molar-refractivity contribution in [2.45, 2.75) is 71.1 Å². The van der Waals surface area contributed by atoms with E-state index in [4.69, 9.17) is 0 Å². The van der Waals surface area contributed by atoms with Gasteiger partial charge in [-0.3, -0.25) is 9.58 Å². The third kappa shape index (κ3) is 2.92. The molecule has 0 aliphatic heterocycles. The second kappa shape index (κ2) is 6.80. The predicted molar refractivity (Wildman–Crippen MR) is 89.4 cm³/mol. The van der Waals surface area contributed by atoms with E-state index < -0.39 is 6.10 Å². The van der Waals surface area contributed by atoms with Gasteiger partial charge in [0.2, 0.25) is 0 Å². The average Bonchev–Trinajstić information content (AvgIpc) is 3.07. The first-order valence-electron chi connectivity index (χ1n) is 8.14. The van der Waals surface area contributed by atoms with Crippen LogP contribution >= 0.6 is 15.9 Å².